The number of thiazole rings is 2. The van der Waals surface area contributed by atoms with E-state index in [1.807, 2.05) is 12.1 Å². The van der Waals surface area contributed by atoms with Crippen molar-refractivity contribution in [2.75, 3.05) is 0 Å². The van der Waals surface area contributed by atoms with Gasteiger partial charge in [0, 0.05) is 12.1 Å². The van der Waals surface area contributed by atoms with Gasteiger partial charge in [-0.1, -0.05) is 17.4 Å². The molecule has 4 aromatic rings. The highest BCUT2D eigenvalue weighted by molar-refractivity contribution is 7.17. The van der Waals surface area contributed by atoms with Crippen molar-refractivity contribution in [1.82, 2.24) is 9.55 Å². The maximum absolute atomic E-state index is 12.6. The van der Waals surface area contributed by atoms with E-state index < -0.39 is 0 Å². The average Bonchev–Trinajstić information content (AvgIpc) is 3.17. The smallest absolute Gasteiger partial charge is 0.279 e. The molecule has 0 fully saturated rings. The normalized spacial score (nSPS) is 12.3. The average molecular weight is 353 g/mol. The quantitative estimate of drug-likeness (QED) is 0.537. The number of hydrogen-bond acceptors (Lipinski definition) is 4. The van der Waals surface area contributed by atoms with Crippen LogP contribution < -0.4 is 4.80 Å². The Morgan fingerprint density at radius 1 is 1.21 bits per heavy atom. The Bertz CT molecular complexity index is 1130. The van der Waals surface area contributed by atoms with Crippen LogP contribution in [0.2, 0.25) is 0 Å². The van der Waals surface area contributed by atoms with Crippen LogP contribution >= 0.6 is 22.7 Å². The highest BCUT2D eigenvalue weighted by Crippen LogP contribution is 2.21. The van der Waals surface area contributed by atoms with Crippen LogP contribution in [-0.4, -0.2) is 15.5 Å². The number of carbonyl (C=O) groups excluding carboxylic acids is 1. The molecule has 0 radical (unpaired) electrons. The fourth-order valence-corrected chi connectivity index (χ4v) is 4.62. The molecular weight excluding hydrogens is 338 g/mol. The first-order valence-corrected chi connectivity index (χ1v) is 9.37. The molecule has 0 N–H and O–H groups in total. The summed E-state index contributed by atoms with van der Waals surface area (Å²) in [5, 5.41) is 0. The molecule has 4 nitrogen and oxygen atoms in total. The van der Waals surface area contributed by atoms with Gasteiger partial charge in [0.1, 0.15) is 0 Å². The fourth-order valence-electron chi connectivity index (χ4n) is 2.71. The summed E-state index contributed by atoms with van der Waals surface area (Å²) in [5.41, 5.74) is 5.63. The van der Waals surface area contributed by atoms with Crippen LogP contribution in [0.3, 0.4) is 0 Å². The Balaban J connectivity index is 1.84. The third-order valence-electron chi connectivity index (χ3n) is 3.93. The van der Waals surface area contributed by atoms with E-state index in [2.05, 4.69) is 46.6 Å². The lowest BCUT2D eigenvalue weighted by Crippen LogP contribution is -2.15. The van der Waals surface area contributed by atoms with E-state index >= 15 is 0 Å². The maximum atomic E-state index is 12.6. The summed E-state index contributed by atoms with van der Waals surface area (Å²) in [6.07, 6.45) is 0. The van der Waals surface area contributed by atoms with Crippen LogP contribution in [0.1, 0.15) is 22.8 Å². The highest BCUT2D eigenvalue weighted by Gasteiger charge is 2.10. The molecule has 0 saturated carbocycles. The van der Waals surface area contributed by atoms with Crippen molar-refractivity contribution in [2.24, 2.45) is 4.99 Å². The second kappa shape index (κ2) is 5.96. The van der Waals surface area contributed by atoms with Crippen molar-refractivity contribution in [2.45, 2.75) is 20.4 Å². The second-order valence-electron chi connectivity index (χ2n) is 5.55. The predicted molar refractivity (Wildman–Crippen MR) is 99.7 cm³/mol. The summed E-state index contributed by atoms with van der Waals surface area (Å²) in [7, 11) is 0. The summed E-state index contributed by atoms with van der Waals surface area (Å²) in [5.74, 6) is -0.212. The molecule has 0 saturated heterocycles. The Morgan fingerprint density at radius 3 is 2.92 bits per heavy atom. The lowest BCUT2D eigenvalue weighted by molar-refractivity contribution is 0.0998. The van der Waals surface area contributed by atoms with E-state index in [4.69, 9.17) is 0 Å². The first-order chi connectivity index (χ1) is 11.7. The molecule has 120 valence electrons. The number of hydrogen-bond donors (Lipinski definition) is 0. The number of rotatable bonds is 2. The van der Waals surface area contributed by atoms with Gasteiger partial charge in [-0.15, -0.1) is 11.3 Å². The molecule has 0 bridgehead atoms. The zero-order valence-electron chi connectivity index (χ0n) is 13.3. The number of carbonyl (C=O) groups is 1. The fraction of sp³-hybridized carbons (Fsp3) is 0.167. The lowest BCUT2D eigenvalue weighted by atomic mass is 10.2. The first kappa shape index (κ1) is 15.2. The number of nitrogens with zero attached hydrogens (tertiary/aromatic N) is 3. The molecule has 0 aliphatic carbocycles. The van der Waals surface area contributed by atoms with Gasteiger partial charge in [-0.2, -0.15) is 4.99 Å². The molecule has 1 amide bonds. The molecule has 2 aromatic carbocycles. The van der Waals surface area contributed by atoms with Gasteiger partial charge in [0.25, 0.3) is 5.91 Å². The second-order valence-corrected chi connectivity index (χ2v) is 7.45. The lowest BCUT2D eigenvalue weighted by Gasteiger charge is -2.00. The zero-order valence-corrected chi connectivity index (χ0v) is 14.9. The van der Waals surface area contributed by atoms with E-state index in [9.17, 15) is 4.79 Å². The highest BCUT2D eigenvalue weighted by atomic mass is 32.1. The molecule has 2 heterocycles. The van der Waals surface area contributed by atoms with Gasteiger partial charge < -0.3 is 4.57 Å². The van der Waals surface area contributed by atoms with Gasteiger partial charge in [-0.3, -0.25) is 4.79 Å². The summed E-state index contributed by atoms with van der Waals surface area (Å²) >= 11 is 3.09. The third-order valence-corrected chi connectivity index (χ3v) is 5.76. The summed E-state index contributed by atoms with van der Waals surface area (Å²) < 4.78 is 4.25. The van der Waals surface area contributed by atoms with Gasteiger partial charge in [0.05, 0.1) is 25.9 Å². The standard InChI is InChI=1S/C18H15N3OS2/c1-3-21-14-7-4-11(2)8-16(14)24-18(21)20-17(22)12-5-6-13-15(9-12)23-10-19-13/h4-10H,3H2,1-2H3. The summed E-state index contributed by atoms with van der Waals surface area (Å²) in [4.78, 5) is 22.0. The van der Waals surface area contributed by atoms with Crippen molar-refractivity contribution in [1.29, 1.82) is 0 Å². The molecule has 0 aliphatic heterocycles. The Labute approximate surface area is 146 Å². The SMILES string of the molecule is CCn1c(=NC(=O)c2ccc3ncsc3c2)sc2cc(C)ccc21. The van der Waals surface area contributed by atoms with Gasteiger partial charge in [-0.25, -0.2) is 4.98 Å². The largest absolute Gasteiger partial charge is 0.317 e. The van der Waals surface area contributed by atoms with E-state index in [0.29, 0.717) is 5.56 Å². The van der Waals surface area contributed by atoms with Crippen LogP contribution in [0.4, 0.5) is 0 Å². The Morgan fingerprint density at radius 2 is 2.08 bits per heavy atom. The minimum atomic E-state index is -0.212. The molecule has 0 atom stereocenters. The molecule has 4 rings (SSSR count). The van der Waals surface area contributed by atoms with Crippen LogP contribution in [0.5, 0.6) is 0 Å². The van der Waals surface area contributed by atoms with Crippen molar-refractivity contribution in [3.05, 3.63) is 57.8 Å². The number of benzene rings is 2. The van der Waals surface area contributed by atoms with Crippen LogP contribution in [0.25, 0.3) is 20.4 Å². The van der Waals surface area contributed by atoms with Gasteiger partial charge in [-0.05, 0) is 49.7 Å². The molecule has 0 aliphatic rings. The van der Waals surface area contributed by atoms with Crippen molar-refractivity contribution < 1.29 is 4.79 Å². The van der Waals surface area contributed by atoms with Crippen LogP contribution in [0.15, 0.2) is 46.9 Å². The molecule has 2 aromatic heterocycles. The molecule has 24 heavy (non-hydrogen) atoms. The minimum Gasteiger partial charge on any atom is -0.317 e. The topological polar surface area (TPSA) is 47.2 Å². The van der Waals surface area contributed by atoms with Crippen molar-refractivity contribution in [3.8, 4) is 0 Å². The summed E-state index contributed by atoms with van der Waals surface area (Å²) in [6.45, 7) is 4.92. The maximum Gasteiger partial charge on any atom is 0.279 e. The van der Waals surface area contributed by atoms with Crippen LogP contribution in [0, 0.1) is 6.92 Å². The first-order valence-electron chi connectivity index (χ1n) is 7.68. The van der Waals surface area contributed by atoms with Crippen molar-refractivity contribution in [3.63, 3.8) is 0 Å². The van der Waals surface area contributed by atoms with E-state index in [1.54, 1.807) is 22.9 Å². The minimum absolute atomic E-state index is 0.212. The molecule has 0 unspecified atom stereocenters. The monoisotopic (exact) mass is 353 g/mol. The van der Waals surface area contributed by atoms with Crippen molar-refractivity contribution >= 4 is 49.0 Å². The van der Waals surface area contributed by atoms with Crippen LogP contribution in [-0.2, 0) is 6.54 Å². The zero-order chi connectivity index (χ0) is 16.7. The molecular formula is C18H15N3OS2. The number of aryl methyl sites for hydroxylation is 2. The third kappa shape index (κ3) is 2.57. The Kier molecular flexibility index (Phi) is 3.78. The molecule has 6 heteroatoms. The number of amides is 1. The van der Waals surface area contributed by atoms with E-state index in [1.165, 1.54) is 16.9 Å². The van der Waals surface area contributed by atoms with Gasteiger partial charge in [0.2, 0.25) is 0 Å². The predicted octanol–water partition coefficient (Wildman–Crippen LogP) is 4.38. The van der Waals surface area contributed by atoms with E-state index in [-0.39, 0.29) is 5.91 Å². The molecule has 0 spiro atoms. The number of aromatic nitrogens is 2. The number of fused-ring (bicyclic) bond motifs is 2. The van der Waals surface area contributed by atoms with E-state index in [0.717, 1.165) is 31.8 Å². The summed E-state index contributed by atoms with van der Waals surface area (Å²) in [6, 6.07) is 11.9. The van der Waals surface area contributed by atoms with Gasteiger partial charge >= 0.3 is 0 Å². The Hall–Kier alpha value is -2.31. The van der Waals surface area contributed by atoms with Gasteiger partial charge in [0.15, 0.2) is 4.80 Å².